The first-order chi connectivity index (χ1) is 8.94. The van der Waals surface area contributed by atoms with E-state index in [4.69, 9.17) is 4.74 Å². The Bertz CT molecular complexity index is 349. The fourth-order valence-corrected chi connectivity index (χ4v) is 2.16. The van der Waals surface area contributed by atoms with Crippen LogP contribution in [-0.2, 0) is 4.74 Å². The van der Waals surface area contributed by atoms with Gasteiger partial charge in [-0.05, 0) is 47.0 Å². The summed E-state index contributed by atoms with van der Waals surface area (Å²) in [6.07, 6.45) is 3.07. The van der Waals surface area contributed by atoms with Gasteiger partial charge >= 0.3 is 6.09 Å². The Morgan fingerprint density at radius 3 is 2.79 bits per heavy atom. The molecule has 0 aromatic rings. The van der Waals surface area contributed by atoms with Gasteiger partial charge in [-0.25, -0.2) is 4.79 Å². The number of carbonyl (C=O) groups excluding carboxylic acids is 1. The Morgan fingerprint density at radius 2 is 2.16 bits per heavy atom. The van der Waals surface area contributed by atoms with E-state index in [1.807, 2.05) is 32.6 Å². The Balaban J connectivity index is 2.51. The van der Waals surface area contributed by atoms with E-state index in [9.17, 15) is 4.79 Å². The molecule has 0 aromatic heterocycles. The molecule has 0 saturated carbocycles. The summed E-state index contributed by atoms with van der Waals surface area (Å²) in [6.45, 7) is 9.79. The highest BCUT2D eigenvalue weighted by Crippen LogP contribution is 2.19. The van der Waals surface area contributed by atoms with Crippen molar-refractivity contribution in [2.24, 2.45) is 0 Å². The van der Waals surface area contributed by atoms with Crippen molar-refractivity contribution in [2.45, 2.75) is 58.6 Å². The topological polar surface area (TPSA) is 41.6 Å². The summed E-state index contributed by atoms with van der Waals surface area (Å²) in [4.78, 5) is 14.0. The number of likely N-dealkylation sites (tertiary alicyclic amines) is 1. The van der Waals surface area contributed by atoms with Crippen molar-refractivity contribution in [1.29, 1.82) is 0 Å². The minimum absolute atomic E-state index is 0.194. The van der Waals surface area contributed by atoms with Crippen LogP contribution in [0.2, 0.25) is 0 Å². The van der Waals surface area contributed by atoms with Gasteiger partial charge in [0, 0.05) is 19.1 Å². The van der Waals surface area contributed by atoms with Gasteiger partial charge in [-0.15, -0.1) is 5.92 Å². The molecule has 1 rings (SSSR count). The number of piperidine rings is 1. The monoisotopic (exact) mass is 266 g/mol. The second-order valence-electron chi connectivity index (χ2n) is 5.88. The summed E-state index contributed by atoms with van der Waals surface area (Å²) in [5.41, 5.74) is -0.430. The maximum absolute atomic E-state index is 12.2. The summed E-state index contributed by atoms with van der Waals surface area (Å²) in [5.74, 6) is 5.83. The van der Waals surface area contributed by atoms with Crippen molar-refractivity contribution in [3.05, 3.63) is 0 Å². The van der Waals surface area contributed by atoms with Crippen molar-refractivity contribution in [1.82, 2.24) is 10.2 Å². The molecule has 1 N–H and O–H groups in total. The van der Waals surface area contributed by atoms with E-state index in [1.165, 1.54) is 6.42 Å². The van der Waals surface area contributed by atoms with E-state index in [0.29, 0.717) is 6.54 Å². The van der Waals surface area contributed by atoms with E-state index in [0.717, 1.165) is 25.9 Å². The quantitative estimate of drug-likeness (QED) is 0.630. The molecule has 1 aliphatic heterocycles. The summed E-state index contributed by atoms with van der Waals surface area (Å²) in [6, 6.07) is 0.224. The zero-order valence-corrected chi connectivity index (χ0v) is 12.6. The van der Waals surface area contributed by atoms with Gasteiger partial charge in [0.1, 0.15) is 5.60 Å². The van der Waals surface area contributed by atoms with E-state index in [1.54, 1.807) is 0 Å². The lowest BCUT2D eigenvalue weighted by atomic mass is 10.0. The van der Waals surface area contributed by atoms with Crippen LogP contribution >= 0.6 is 0 Å². The van der Waals surface area contributed by atoms with Gasteiger partial charge in [0.25, 0.3) is 0 Å². The van der Waals surface area contributed by atoms with Gasteiger partial charge in [-0.2, -0.15) is 0 Å². The van der Waals surface area contributed by atoms with Crippen LogP contribution in [0.1, 0.15) is 47.0 Å². The maximum atomic E-state index is 12.2. The van der Waals surface area contributed by atoms with Crippen molar-refractivity contribution in [2.75, 3.05) is 19.6 Å². The van der Waals surface area contributed by atoms with Gasteiger partial charge in [0.15, 0.2) is 0 Å². The van der Waals surface area contributed by atoms with E-state index in [-0.39, 0.29) is 12.1 Å². The molecule has 0 spiro atoms. The molecular weight excluding hydrogens is 240 g/mol. The van der Waals surface area contributed by atoms with Crippen molar-refractivity contribution in [3.63, 3.8) is 0 Å². The van der Waals surface area contributed by atoms with Crippen molar-refractivity contribution in [3.8, 4) is 11.8 Å². The van der Waals surface area contributed by atoms with Gasteiger partial charge < -0.3 is 15.0 Å². The van der Waals surface area contributed by atoms with Crippen LogP contribution in [-0.4, -0.2) is 42.3 Å². The first-order valence-corrected chi connectivity index (χ1v) is 7.04. The third kappa shape index (κ3) is 5.98. The fraction of sp³-hybridized carbons (Fsp3) is 0.800. The highest BCUT2D eigenvalue weighted by Gasteiger charge is 2.29. The first kappa shape index (κ1) is 15.8. The summed E-state index contributed by atoms with van der Waals surface area (Å²) in [5, 5.41) is 3.28. The molecule has 108 valence electrons. The lowest BCUT2D eigenvalue weighted by Gasteiger charge is -2.36. The molecule has 19 heavy (non-hydrogen) atoms. The standard InChI is InChI=1S/C15H26N2O2/c1-5-6-10-16-12-13-9-7-8-11-17(13)14(18)19-15(2,3)4/h13,16H,7-12H2,1-4H3. The molecule has 1 heterocycles. The second kappa shape index (κ2) is 7.40. The minimum atomic E-state index is -0.430. The van der Waals surface area contributed by atoms with Crippen molar-refractivity contribution >= 4 is 6.09 Å². The van der Waals surface area contributed by atoms with Gasteiger partial charge in [0.05, 0.1) is 6.54 Å². The predicted molar refractivity (Wildman–Crippen MR) is 76.9 cm³/mol. The van der Waals surface area contributed by atoms with Crippen LogP contribution in [0.25, 0.3) is 0 Å². The zero-order chi connectivity index (χ0) is 14.3. The second-order valence-corrected chi connectivity index (χ2v) is 5.88. The molecule has 1 unspecified atom stereocenters. The number of hydrogen-bond donors (Lipinski definition) is 1. The predicted octanol–water partition coefficient (Wildman–Crippen LogP) is 2.39. The van der Waals surface area contributed by atoms with Gasteiger partial charge in [-0.3, -0.25) is 0 Å². The highest BCUT2D eigenvalue weighted by atomic mass is 16.6. The minimum Gasteiger partial charge on any atom is -0.444 e. The molecule has 1 saturated heterocycles. The molecule has 0 aromatic carbocycles. The average Bonchev–Trinajstić information content (AvgIpc) is 2.33. The lowest BCUT2D eigenvalue weighted by Crippen LogP contribution is -2.50. The first-order valence-electron chi connectivity index (χ1n) is 7.04. The maximum Gasteiger partial charge on any atom is 0.410 e. The zero-order valence-electron chi connectivity index (χ0n) is 12.6. The van der Waals surface area contributed by atoms with E-state index < -0.39 is 5.60 Å². The Labute approximate surface area is 116 Å². The van der Waals surface area contributed by atoms with Crippen molar-refractivity contribution < 1.29 is 9.53 Å². The number of rotatable bonds is 3. The summed E-state index contributed by atoms with van der Waals surface area (Å²) in [7, 11) is 0. The SMILES string of the molecule is CC#CCNCC1CCCCN1C(=O)OC(C)(C)C. The van der Waals surface area contributed by atoms with Crippen LogP contribution in [0.4, 0.5) is 4.79 Å². The molecule has 0 aliphatic carbocycles. The Kier molecular flexibility index (Phi) is 6.17. The molecule has 4 heteroatoms. The van der Waals surface area contributed by atoms with Crippen LogP contribution in [0.3, 0.4) is 0 Å². The average molecular weight is 266 g/mol. The normalized spacial score (nSPS) is 19.6. The molecule has 0 radical (unpaired) electrons. The molecule has 1 atom stereocenters. The Morgan fingerprint density at radius 1 is 1.42 bits per heavy atom. The smallest absolute Gasteiger partial charge is 0.410 e. The molecule has 0 bridgehead atoms. The Hall–Kier alpha value is -1.21. The third-order valence-corrected chi connectivity index (χ3v) is 3.03. The summed E-state index contributed by atoms with van der Waals surface area (Å²) < 4.78 is 5.47. The number of nitrogens with zero attached hydrogens (tertiary/aromatic N) is 1. The largest absolute Gasteiger partial charge is 0.444 e. The number of amides is 1. The molecule has 1 amide bonds. The number of nitrogens with one attached hydrogen (secondary N) is 1. The van der Waals surface area contributed by atoms with Gasteiger partial charge in [0.2, 0.25) is 0 Å². The molecular formula is C15H26N2O2. The summed E-state index contributed by atoms with van der Waals surface area (Å²) >= 11 is 0. The van der Waals surface area contributed by atoms with Crippen LogP contribution in [0.15, 0.2) is 0 Å². The fourth-order valence-electron chi connectivity index (χ4n) is 2.16. The third-order valence-electron chi connectivity index (χ3n) is 3.03. The van der Waals surface area contributed by atoms with Crippen LogP contribution in [0, 0.1) is 11.8 Å². The molecule has 4 nitrogen and oxygen atoms in total. The van der Waals surface area contributed by atoms with Gasteiger partial charge in [-0.1, -0.05) is 5.92 Å². The van der Waals surface area contributed by atoms with E-state index >= 15 is 0 Å². The molecule has 1 aliphatic rings. The molecule has 1 fully saturated rings. The van der Waals surface area contributed by atoms with Crippen LogP contribution < -0.4 is 5.32 Å². The van der Waals surface area contributed by atoms with E-state index in [2.05, 4.69) is 17.2 Å². The number of carbonyl (C=O) groups is 1. The number of hydrogen-bond acceptors (Lipinski definition) is 3. The number of ether oxygens (including phenoxy) is 1. The van der Waals surface area contributed by atoms with Crippen LogP contribution in [0.5, 0.6) is 0 Å². The highest BCUT2D eigenvalue weighted by molar-refractivity contribution is 5.68. The lowest BCUT2D eigenvalue weighted by molar-refractivity contribution is 0.0101.